The molecular weight excluding hydrogens is 280 g/mol. The van der Waals surface area contributed by atoms with Crippen LogP contribution in [-0.4, -0.2) is 39.4 Å². The third-order valence-electron chi connectivity index (χ3n) is 2.68. The van der Waals surface area contributed by atoms with Gasteiger partial charge in [-0.3, -0.25) is 4.21 Å². The first-order valence-electron chi connectivity index (χ1n) is 6.18. The fourth-order valence-electron chi connectivity index (χ4n) is 1.59. The van der Waals surface area contributed by atoms with Crippen LogP contribution in [0.4, 0.5) is 10.5 Å². The average molecular weight is 298 g/mol. The maximum atomic E-state index is 11.7. The number of rotatable bonds is 6. The number of anilines is 1. The van der Waals surface area contributed by atoms with Crippen molar-refractivity contribution in [2.75, 3.05) is 23.4 Å². The Morgan fingerprint density at radius 3 is 2.65 bits per heavy atom. The van der Waals surface area contributed by atoms with Crippen molar-refractivity contribution in [1.82, 2.24) is 5.32 Å². The van der Waals surface area contributed by atoms with Crippen LogP contribution in [0.5, 0.6) is 0 Å². The molecule has 1 aromatic carbocycles. The summed E-state index contributed by atoms with van der Waals surface area (Å²) in [5.74, 6) is -0.177. The summed E-state index contributed by atoms with van der Waals surface area (Å²) in [5.41, 5.74) is 0.976. The van der Waals surface area contributed by atoms with Crippen molar-refractivity contribution >= 4 is 28.5 Å². The van der Waals surface area contributed by atoms with E-state index >= 15 is 0 Å². The zero-order valence-electron chi connectivity index (χ0n) is 11.4. The van der Waals surface area contributed by atoms with Gasteiger partial charge in [-0.05, 0) is 18.6 Å². The second-order valence-corrected chi connectivity index (χ2v) is 5.98. The molecule has 0 fully saturated rings. The number of carbonyl (C=O) groups is 2. The van der Waals surface area contributed by atoms with Gasteiger partial charge in [-0.2, -0.15) is 0 Å². The van der Waals surface area contributed by atoms with Gasteiger partial charge in [-0.1, -0.05) is 19.1 Å². The number of carboxylic acid groups (broad SMARTS) is 1. The standard InChI is InChI=1S/C13H18N2O4S/c1-3-20(19)8-7-14-13(18)15-11-9(2)5-4-6-10(11)12(16)17/h4-6H,3,7-8H2,1-2H3,(H,16,17)(H2,14,15,18). The van der Waals surface area contributed by atoms with Gasteiger partial charge in [0.15, 0.2) is 0 Å². The van der Waals surface area contributed by atoms with E-state index in [9.17, 15) is 13.8 Å². The van der Waals surface area contributed by atoms with E-state index in [4.69, 9.17) is 5.11 Å². The fourth-order valence-corrected chi connectivity index (χ4v) is 2.21. The van der Waals surface area contributed by atoms with Crippen LogP contribution in [0.15, 0.2) is 18.2 Å². The van der Waals surface area contributed by atoms with Crippen LogP contribution in [0.3, 0.4) is 0 Å². The highest BCUT2D eigenvalue weighted by molar-refractivity contribution is 7.84. The van der Waals surface area contributed by atoms with Crippen LogP contribution in [0.25, 0.3) is 0 Å². The quantitative estimate of drug-likeness (QED) is 0.743. The number of para-hydroxylation sites is 1. The molecule has 1 unspecified atom stereocenters. The zero-order chi connectivity index (χ0) is 15.1. The Morgan fingerprint density at radius 2 is 2.05 bits per heavy atom. The molecule has 0 saturated heterocycles. The minimum Gasteiger partial charge on any atom is -0.478 e. The Bertz CT molecular complexity index is 531. The lowest BCUT2D eigenvalue weighted by atomic mass is 10.1. The van der Waals surface area contributed by atoms with Gasteiger partial charge in [-0.25, -0.2) is 9.59 Å². The van der Waals surface area contributed by atoms with Gasteiger partial charge in [0.1, 0.15) is 0 Å². The lowest BCUT2D eigenvalue weighted by Gasteiger charge is -2.12. The number of nitrogens with one attached hydrogen (secondary N) is 2. The number of benzene rings is 1. The lowest BCUT2D eigenvalue weighted by molar-refractivity contribution is 0.0698. The highest BCUT2D eigenvalue weighted by Crippen LogP contribution is 2.20. The first-order chi connectivity index (χ1) is 9.45. The molecule has 0 radical (unpaired) electrons. The van der Waals surface area contributed by atoms with Crippen molar-refractivity contribution in [3.63, 3.8) is 0 Å². The van der Waals surface area contributed by atoms with Gasteiger partial charge in [0.25, 0.3) is 0 Å². The van der Waals surface area contributed by atoms with Crippen LogP contribution < -0.4 is 10.6 Å². The number of aryl methyl sites for hydroxylation is 1. The molecule has 1 rings (SSSR count). The van der Waals surface area contributed by atoms with E-state index in [-0.39, 0.29) is 17.8 Å². The molecule has 1 atom stereocenters. The molecule has 6 nitrogen and oxygen atoms in total. The Kier molecular flexibility index (Phi) is 6.17. The Hall–Kier alpha value is -1.89. The molecule has 110 valence electrons. The van der Waals surface area contributed by atoms with Gasteiger partial charge in [0, 0.05) is 28.9 Å². The molecule has 7 heteroatoms. The third kappa shape index (κ3) is 4.65. The number of hydrogen-bond acceptors (Lipinski definition) is 3. The summed E-state index contributed by atoms with van der Waals surface area (Å²) in [6.07, 6.45) is 0. The molecule has 2 amide bonds. The van der Waals surface area contributed by atoms with E-state index in [1.54, 1.807) is 19.1 Å². The van der Waals surface area contributed by atoms with E-state index in [0.29, 0.717) is 17.1 Å². The summed E-state index contributed by atoms with van der Waals surface area (Å²) < 4.78 is 11.2. The van der Waals surface area contributed by atoms with Crippen LogP contribution in [0, 0.1) is 6.92 Å². The van der Waals surface area contributed by atoms with Gasteiger partial charge >= 0.3 is 12.0 Å². The maximum absolute atomic E-state index is 11.7. The van der Waals surface area contributed by atoms with Crippen molar-refractivity contribution in [2.45, 2.75) is 13.8 Å². The number of hydrogen-bond donors (Lipinski definition) is 3. The van der Waals surface area contributed by atoms with Crippen molar-refractivity contribution in [3.05, 3.63) is 29.3 Å². The number of urea groups is 1. The van der Waals surface area contributed by atoms with Crippen LogP contribution in [0.2, 0.25) is 0 Å². The number of carbonyl (C=O) groups excluding carboxylic acids is 1. The summed E-state index contributed by atoms with van der Waals surface area (Å²) in [4.78, 5) is 22.8. The van der Waals surface area contributed by atoms with Crippen molar-refractivity contribution in [2.24, 2.45) is 0 Å². The molecule has 20 heavy (non-hydrogen) atoms. The van der Waals surface area contributed by atoms with Crippen LogP contribution in [0.1, 0.15) is 22.8 Å². The molecule has 1 aromatic rings. The third-order valence-corrected chi connectivity index (χ3v) is 3.98. The summed E-state index contributed by atoms with van der Waals surface area (Å²) in [7, 11) is -0.943. The van der Waals surface area contributed by atoms with Gasteiger partial charge < -0.3 is 15.7 Å². The van der Waals surface area contributed by atoms with Gasteiger partial charge in [-0.15, -0.1) is 0 Å². The molecule has 3 N–H and O–H groups in total. The number of aromatic carboxylic acids is 1. The number of amides is 2. The monoisotopic (exact) mass is 298 g/mol. The summed E-state index contributed by atoms with van der Waals surface area (Å²) >= 11 is 0. The first kappa shape index (κ1) is 16.2. The van der Waals surface area contributed by atoms with E-state index in [2.05, 4.69) is 10.6 Å². The normalized spacial score (nSPS) is 11.7. The second kappa shape index (κ2) is 7.64. The topological polar surface area (TPSA) is 95.5 Å². The zero-order valence-corrected chi connectivity index (χ0v) is 12.3. The summed E-state index contributed by atoms with van der Waals surface area (Å²) in [5, 5.41) is 14.1. The minimum atomic E-state index is -1.10. The average Bonchev–Trinajstić information content (AvgIpc) is 2.40. The highest BCUT2D eigenvalue weighted by Gasteiger charge is 2.14. The Balaban J connectivity index is 2.66. The molecule has 0 aliphatic carbocycles. The predicted molar refractivity (Wildman–Crippen MR) is 78.7 cm³/mol. The fraction of sp³-hybridized carbons (Fsp3) is 0.385. The van der Waals surface area contributed by atoms with Crippen molar-refractivity contribution < 1.29 is 18.9 Å². The predicted octanol–water partition coefficient (Wildman–Crippen LogP) is 1.58. The summed E-state index contributed by atoms with van der Waals surface area (Å²) in [6, 6.07) is 4.26. The van der Waals surface area contributed by atoms with Gasteiger partial charge in [0.05, 0.1) is 11.3 Å². The van der Waals surface area contributed by atoms with Crippen LogP contribution in [-0.2, 0) is 10.8 Å². The summed E-state index contributed by atoms with van der Waals surface area (Å²) in [6.45, 7) is 3.80. The maximum Gasteiger partial charge on any atom is 0.337 e. The molecule has 0 heterocycles. The van der Waals surface area contributed by atoms with E-state index < -0.39 is 22.8 Å². The van der Waals surface area contributed by atoms with E-state index in [0.717, 1.165) is 0 Å². The van der Waals surface area contributed by atoms with Crippen LogP contribution >= 0.6 is 0 Å². The molecule has 0 saturated carbocycles. The van der Waals surface area contributed by atoms with Crippen molar-refractivity contribution in [3.8, 4) is 0 Å². The van der Waals surface area contributed by atoms with E-state index in [1.807, 2.05) is 6.92 Å². The smallest absolute Gasteiger partial charge is 0.337 e. The largest absolute Gasteiger partial charge is 0.478 e. The molecule has 0 spiro atoms. The Morgan fingerprint density at radius 1 is 1.35 bits per heavy atom. The SMILES string of the molecule is CCS(=O)CCNC(=O)Nc1c(C)cccc1C(=O)O. The molecule has 0 aliphatic rings. The molecule has 0 aliphatic heterocycles. The second-order valence-electron chi connectivity index (χ2n) is 4.12. The molecule has 0 aromatic heterocycles. The van der Waals surface area contributed by atoms with Crippen molar-refractivity contribution in [1.29, 1.82) is 0 Å². The Labute approximate surface area is 120 Å². The lowest BCUT2D eigenvalue weighted by Crippen LogP contribution is -2.32. The first-order valence-corrected chi connectivity index (χ1v) is 7.67. The number of carboxylic acids is 1. The molecular formula is C13H18N2O4S. The van der Waals surface area contributed by atoms with Gasteiger partial charge in [0.2, 0.25) is 0 Å². The molecule has 0 bridgehead atoms. The minimum absolute atomic E-state index is 0.0392. The highest BCUT2D eigenvalue weighted by atomic mass is 32.2. The van der Waals surface area contributed by atoms with E-state index in [1.165, 1.54) is 6.07 Å².